The van der Waals surface area contributed by atoms with Gasteiger partial charge in [0.25, 0.3) is 0 Å². The van der Waals surface area contributed by atoms with Crippen molar-refractivity contribution >= 4 is 0 Å². The van der Waals surface area contributed by atoms with E-state index in [0.717, 1.165) is 0 Å². The molecule has 0 saturated carbocycles. The van der Waals surface area contributed by atoms with E-state index in [0.29, 0.717) is 23.2 Å². The number of hydrogen-bond acceptors (Lipinski definition) is 2. The van der Waals surface area contributed by atoms with E-state index in [1.54, 1.807) is 0 Å². The fourth-order valence-corrected chi connectivity index (χ4v) is 2.96. The predicted molar refractivity (Wildman–Crippen MR) is 67.2 cm³/mol. The average molecular weight is 212 g/mol. The minimum absolute atomic E-state index is 0.300. The minimum Gasteiger partial charge on any atom is -0.312 e. The largest absolute Gasteiger partial charge is 0.312 e. The molecule has 1 rings (SSSR count). The first-order valence-corrected chi connectivity index (χ1v) is 6.15. The maximum absolute atomic E-state index is 3.69. The lowest BCUT2D eigenvalue weighted by Gasteiger charge is -2.54. The third-order valence-corrected chi connectivity index (χ3v) is 3.88. The maximum Gasteiger partial charge on any atom is 0.0170 e. The standard InChI is InChI=1S/C13H28N2/c1-10(2)14-11-8-12(3,4)15(7)13(5,6)9-11/h10-11,14H,8-9H2,1-7H3. The van der Waals surface area contributed by atoms with Crippen LogP contribution >= 0.6 is 0 Å². The lowest BCUT2D eigenvalue weighted by Crippen LogP contribution is -2.62. The quantitative estimate of drug-likeness (QED) is 0.757. The molecule has 0 aromatic carbocycles. The zero-order valence-electron chi connectivity index (χ0n) is 11.5. The Kier molecular flexibility index (Phi) is 3.52. The fraction of sp³-hybridized carbons (Fsp3) is 1.00. The molecule has 90 valence electrons. The van der Waals surface area contributed by atoms with Crippen LogP contribution in [0.15, 0.2) is 0 Å². The van der Waals surface area contributed by atoms with Crippen LogP contribution in [0.25, 0.3) is 0 Å². The zero-order chi connectivity index (χ0) is 11.9. The number of likely N-dealkylation sites (tertiary alicyclic amines) is 1. The van der Waals surface area contributed by atoms with Crippen LogP contribution in [0, 0.1) is 0 Å². The second-order valence-corrected chi connectivity index (χ2v) is 6.61. The minimum atomic E-state index is 0.300. The normalized spacial score (nSPS) is 27.2. The molecule has 0 aromatic heterocycles. The summed E-state index contributed by atoms with van der Waals surface area (Å²) in [6, 6.07) is 1.25. The van der Waals surface area contributed by atoms with E-state index in [1.165, 1.54) is 12.8 Å². The number of nitrogens with zero attached hydrogens (tertiary/aromatic N) is 1. The van der Waals surface area contributed by atoms with E-state index >= 15 is 0 Å². The van der Waals surface area contributed by atoms with E-state index in [9.17, 15) is 0 Å². The Labute approximate surface area is 95.4 Å². The summed E-state index contributed by atoms with van der Waals surface area (Å²) < 4.78 is 0. The molecule has 1 aliphatic rings. The van der Waals surface area contributed by atoms with Crippen molar-refractivity contribution in [2.75, 3.05) is 7.05 Å². The lowest BCUT2D eigenvalue weighted by atomic mass is 9.77. The molecular formula is C13H28N2. The van der Waals surface area contributed by atoms with Crippen LogP contribution in [-0.2, 0) is 0 Å². The summed E-state index contributed by atoms with van der Waals surface area (Å²) in [6.45, 7) is 13.9. The molecule has 0 atom stereocenters. The molecule has 1 saturated heterocycles. The second kappa shape index (κ2) is 4.06. The lowest BCUT2D eigenvalue weighted by molar-refractivity contribution is -0.0193. The van der Waals surface area contributed by atoms with E-state index in [1.807, 2.05) is 0 Å². The maximum atomic E-state index is 3.69. The van der Waals surface area contributed by atoms with Gasteiger partial charge < -0.3 is 5.32 Å². The van der Waals surface area contributed by atoms with E-state index in [2.05, 4.69) is 58.8 Å². The van der Waals surface area contributed by atoms with Crippen molar-refractivity contribution in [2.24, 2.45) is 0 Å². The van der Waals surface area contributed by atoms with Gasteiger partial charge in [0.1, 0.15) is 0 Å². The number of nitrogens with one attached hydrogen (secondary N) is 1. The van der Waals surface area contributed by atoms with Gasteiger partial charge >= 0.3 is 0 Å². The summed E-state index contributed by atoms with van der Waals surface area (Å²) in [5, 5.41) is 3.69. The Hall–Kier alpha value is -0.0800. The first kappa shape index (κ1) is 13.0. The van der Waals surface area contributed by atoms with Gasteiger partial charge in [-0.05, 0) is 47.6 Å². The van der Waals surface area contributed by atoms with Crippen LogP contribution in [-0.4, -0.2) is 35.1 Å². The molecule has 0 amide bonds. The molecule has 1 aliphatic heterocycles. The topological polar surface area (TPSA) is 15.3 Å². The molecule has 15 heavy (non-hydrogen) atoms. The number of hydrogen-bond donors (Lipinski definition) is 1. The molecule has 0 spiro atoms. The summed E-state index contributed by atoms with van der Waals surface area (Å²) in [5.74, 6) is 0. The third kappa shape index (κ3) is 2.94. The van der Waals surface area contributed by atoms with Crippen LogP contribution in [0.3, 0.4) is 0 Å². The van der Waals surface area contributed by atoms with Crippen molar-refractivity contribution in [3.8, 4) is 0 Å². The molecule has 0 radical (unpaired) electrons. The Morgan fingerprint density at radius 3 is 1.80 bits per heavy atom. The molecule has 2 nitrogen and oxygen atoms in total. The first-order chi connectivity index (χ1) is 6.65. The highest BCUT2D eigenvalue weighted by atomic mass is 15.2. The van der Waals surface area contributed by atoms with Gasteiger partial charge in [-0.3, -0.25) is 4.90 Å². The van der Waals surface area contributed by atoms with Gasteiger partial charge in [0, 0.05) is 23.2 Å². The van der Waals surface area contributed by atoms with Gasteiger partial charge in [0.05, 0.1) is 0 Å². The van der Waals surface area contributed by atoms with Crippen molar-refractivity contribution < 1.29 is 0 Å². The molecule has 0 bridgehead atoms. The summed E-state index contributed by atoms with van der Waals surface area (Å²) in [4.78, 5) is 2.53. The van der Waals surface area contributed by atoms with Crippen molar-refractivity contribution in [3.63, 3.8) is 0 Å². The number of rotatable bonds is 2. The Morgan fingerprint density at radius 1 is 1.07 bits per heavy atom. The van der Waals surface area contributed by atoms with Crippen LogP contribution in [0.2, 0.25) is 0 Å². The van der Waals surface area contributed by atoms with Crippen molar-refractivity contribution in [1.82, 2.24) is 10.2 Å². The summed E-state index contributed by atoms with van der Waals surface area (Å²) in [5.41, 5.74) is 0.600. The molecule has 0 aromatic rings. The third-order valence-electron chi connectivity index (χ3n) is 3.88. The first-order valence-electron chi connectivity index (χ1n) is 6.15. The molecule has 1 N–H and O–H groups in total. The van der Waals surface area contributed by atoms with Gasteiger partial charge in [-0.2, -0.15) is 0 Å². The SMILES string of the molecule is CC(C)NC1CC(C)(C)N(C)C(C)(C)C1. The van der Waals surface area contributed by atoms with Gasteiger partial charge in [-0.1, -0.05) is 13.8 Å². The molecule has 1 fully saturated rings. The monoisotopic (exact) mass is 212 g/mol. The summed E-state index contributed by atoms with van der Waals surface area (Å²) >= 11 is 0. The molecule has 1 heterocycles. The van der Waals surface area contributed by atoms with Crippen molar-refractivity contribution in [3.05, 3.63) is 0 Å². The molecular weight excluding hydrogens is 184 g/mol. The highest BCUT2D eigenvalue weighted by Gasteiger charge is 2.42. The zero-order valence-corrected chi connectivity index (χ0v) is 11.5. The van der Waals surface area contributed by atoms with Crippen LogP contribution in [0.5, 0.6) is 0 Å². The highest BCUT2D eigenvalue weighted by molar-refractivity contribution is 5.00. The molecule has 0 unspecified atom stereocenters. The summed E-state index contributed by atoms with van der Waals surface area (Å²) in [7, 11) is 2.26. The predicted octanol–water partition coefficient (Wildman–Crippen LogP) is 2.64. The smallest absolute Gasteiger partial charge is 0.0170 e. The van der Waals surface area contributed by atoms with Crippen molar-refractivity contribution in [1.29, 1.82) is 0 Å². The Bertz CT molecular complexity index is 201. The van der Waals surface area contributed by atoms with Gasteiger partial charge in [-0.25, -0.2) is 0 Å². The van der Waals surface area contributed by atoms with E-state index in [-0.39, 0.29) is 0 Å². The van der Waals surface area contributed by atoms with Crippen molar-refractivity contribution in [2.45, 2.75) is 77.5 Å². The van der Waals surface area contributed by atoms with E-state index in [4.69, 9.17) is 0 Å². The highest BCUT2D eigenvalue weighted by Crippen LogP contribution is 2.36. The van der Waals surface area contributed by atoms with Gasteiger partial charge in [0.15, 0.2) is 0 Å². The van der Waals surface area contributed by atoms with Crippen LogP contribution in [0.4, 0.5) is 0 Å². The Balaban J connectivity index is 2.75. The van der Waals surface area contributed by atoms with Crippen LogP contribution < -0.4 is 5.32 Å². The fourth-order valence-electron chi connectivity index (χ4n) is 2.96. The molecule has 2 heteroatoms. The summed E-state index contributed by atoms with van der Waals surface area (Å²) in [6.07, 6.45) is 2.48. The van der Waals surface area contributed by atoms with Crippen LogP contribution in [0.1, 0.15) is 54.4 Å². The molecule has 0 aliphatic carbocycles. The average Bonchev–Trinajstić information content (AvgIpc) is 1.97. The second-order valence-electron chi connectivity index (χ2n) is 6.61. The van der Waals surface area contributed by atoms with Gasteiger partial charge in [-0.15, -0.1) is 0 Å². The Morgan fingerprint density at radius 2 is 1.47 bits per heavy atom. The number of piperidine rings is 1. The van der Waals surface area contributed by atoms with Gasteiger partial charge in [0.2, 0.25) is 0 Å². The van der Waals surface area contributed by atoms with E-state index < -0.39 is 0 Å².